The van der Waals surface area contributed by atoms with Crippen molar-refractivity contribution in [2.24, 2.45) is 5.41 Å². The molecule has 0 aliphatic heterocycles. The molecule has 0 aliphatic rings. The summed E-state index contributed by atoms with van der Waals surface area (Å²) in [5.74, 6) is 0.243. The zero-order valence-corrected chi connectivity index (χ0v) is 23.4. The standard InChI is InChI=1S/C33H42O4/c1-8-33(9-2,25-12-10-24(22(3)20-25)11-18-30(34)32(5,6)7)26-13-16-28(23(4)21-26)29-17-14-27(37-29)15-19-31(35)36/h10,12-17,19-21,30,34H,8-9,11,18H2,1-7H3,(H,35,36)/b19-15+. The number of aliphatic carboxylic acids is 1. The Morgan fingerprint density at radius 3 is 2.11 bits per heavy atom. The number of aliphatic hydroxyl groups is 1. The molecule has 0 fully saturated rings. The zero-order valence-electron chi connectivity index (χ0n) is 23.4. The lowest BCUT2D eigenvalue weighted by Crippen LogP contribution is -2.27. The highest BCUT2D eigenvalue weighted by molar-refractivity contribution is 5.84. The number of carbonyl (C=O) groups is 1. The molecule has 2 aromatic carbocycles. The smallest absolute Gasteiger partial charge is 0.328 e. The van der Waals surface area contributed by atoms with E-state index in [0.29, 0.717) is 5.76 Å². The summed E-state index contributed by atoms with van der Waals surface area (Å²) in [5.41, 5.74) is 7.09. The average Bonchev–Trinajstić information content (AvgIpc) is 3.31. The van der Waals surface area contributed by atoms with E-state index in [-0.39, 0.29) is 16.9 Å². The van der Waals surface area contributed by atoms with Gasteiger partial charge in [0.05, 0.1) is 6.10 Å². The Balaban J connectivity index is 1.91. The van der Waals surface area contributed by atoms with Crippen LogP contribution in [0.4, 0.5) is 0 Å². The van der Waals surface area contributed by atoms with Gasteiger partial charge in [0, 0.05) is 17.1 Å². The fourth-order valence-electron chi connectivity index (χ4n) is 5.21. The topological polar surface area (TPSA) is 70.7 Å². The van der Waals surface area contributed by atoms with Gasteiger partial charge in [0.15, 0.2) is 0 Å². The van der Waals surface area contributed by atoms with E-state index in [2.05, 4.69) is 84.9 Å². The summed E-state index contributed by atoms with van der Waals surface area (Å²) in [4.78, 5) is 10.8. The third kappa shape index (κ3) is 6.42. The van der Waals surface area contributed by atoms with Crippen LogP contribution >= 0.6 is 0 Å². The van der Waals surface area contributed by atoms with E-state index < -0.39 is 5.97 Å². The number of aliphatic hydroxyl groups excluding tert-OH is 1. The predicted octanol–water partition coefficient (Wildman–Crippen LogP) is 8.11. The van der Waals surface area contributed by atoms with E-state index in [1.807, 2.05) is 6.07 Å². The maximum atomic E-state index is 10.8. The molecule has 0 radical (unpaired) electrons. The first kappa shape index (κ1) is 28.5. The maximum Gasteiger partial charge on any atom is 0.328 e. The van der Waals surface area contributed by atoms with Gasteiger partial charge in [0.1, 0.15) is 11.5 Å². The molecule has 1 unspecified atom stereocenters. The monoisotopic (exact) mass is 502 g/mol. The molecule has 4 nitrogen and oxygen atoms in total. The molecule has 198 valence electrons. The molecule has 0 bridgehead atoms. The molecule has 0 aliphatic carbocycles. The molecule has 1 aromatic heterocycles. The average molecular weight is 503 g/mol. The number of hydrogen-bond donors (Lipinski definition) is 2. The lowest BCUT2D eigenvalue weighted by Gasteiger charge is -2.34. The van der Waals surface area contributed by atoms with Gasteiger partial charge in [0.25, 0.3) is 0 Å². The summed E-state index contributed by atoms with van der Waals surface area (Å²) in [6.45, 7) is 15.0. The summed E-state index contributed by atoms with van der Waals surface area (Å²) in [7, 11) is 0. The quantitative estimate of drug-likeness (QED) is 0.275. The molecule has 1 atom stereocenters. The van der Waals surface area contributed by atoms with Crippen molar-refractivity contribution in [1.82, 2.24) is 0 Å². The third-order valence-electron chi connectivity index (χ3n) is 7.85. The van der Waals surface area contributed by atoms with Crippen LogP contribution in [0.1, 0.15) is 87.5 Å². The van der Waals surface area contributed by atoms with Crippen molar-refractivity contribution in [2.45, 2.75) is 85.7 Å². The minimum absolute atomic E-state index is 0.101. The van der Waals surface area contributed by atoms with E-state index in [1.54, 1.807) is 6.07 Å². The summed E-state index contributed by atoms with van der Waals surface area (Å²) >= 11 is 0. The summed E-state index contributed by atoms with van der Waals surface area (Å²) in [6.07, 6.45) is 5.81. The number of benzene rings is 2. The Morgan fingerprint density at radius 1 is 0.946 bits per heavy atom. The van der Waals surface area contributed by atoms with Crippen molar-refractivity contribution in [3.05, 3.63) is 88.2 Å². The van der Waals surface area contributed by atoms with Gasteiger partial charge >= 0.3 is 5.97 Å². The van der Waals surface area contributed by atoms with E-state index in [0.717, 1.165) is 48.6 Å². The van der Waals surface area contributed by atoms with Gasteiger partial charge in [-0.2, -0.15) is 0 Å². The molecule has 0 saturated heterocycles. The summed E-state index contributed by atoms with van der Waals surface area (Å²) in [6, 6.07) is 17.1. The van der Waals surface area contributed by atoms with Crippen molar-refractivity contribution >= 4 is 12.0 Å². The van der Waals surface area contributed by atoms with Crippen molar-refractivity contribution in [3.8, 4) is 11.3 Å². The SMILES string of the molecule is CCC(CC)(c1ccc(CCC(O)C(C)(C)C)c(C)c1)c1ccc(-c2ccc(/C=C/C(=O)O)o2)c(C)c1. The lowest BCUT2D eigenvalue weighted by atomic mass is 9.69. The molecular weight excluding hydrogens is 460 g/mol. The lowest BCUT2D eigenvalue weighted by molar-refractivity contribution is -0.131. The first-order valence-corrected chi connectivity index (χ1v) is 13.3. The van der Waals surface area contributed by atoms with Crippen LogP contribution in [0.5, 0.6) is 0 Å². The van der Waals surface area contributed by atoms with Gasteiger partial charge < -0.3 is 14.6 Å². The van der Waals surface area contributed by atoms with Crippen LogP contribution in [0, 0.1) is 19.3 Å². The normalized spacial score (nSPS) is 13.3. The van der Waals surface area contributed by atoms with Gasteiger partial charge in [-0.05, 0) is 91.0 Å². The minimum atomic E-state index is -1.00. The maximum absolute atomic E-state index is 10.8. The molecule has 0 saturated carbocycles. The van der Waals surface area contributed by atoms with Gasteiger partial charge in [-0.1, -0.05) is 71.0 Å². The van der Waals surface area contributed by atoms with Gasteiger partial charge in [-0.3, -0.25) is 0 Å². The second-order valence-corrected chi connectivity index (χ2v) is 11.3. The van der Waals surface area contributed by atoms with Crippen LogP contribution < -0.4 is 0 Å². The Morgan fingerprint density at radius 2 is 1.57 bits per heavy atom. The number of aryl methyl sites for hydroxylation is 3. The van der Waals surface area contributed by atoms with Crippen LogP contribution in [-0.2, 0) is 16.6 Å². The fraction of sp³-hybridized carbons (Fsp3) is 0.424. The first-order valence-electron chi connectivity index (χ1n) is 13.3. The molecule has 3 rings (SSSR count). The number of hydrogen-bond acceptors (Lipinski definition) is 3. The van der Waals surface area contributed by atoms with E-state index in [9.17, 15) is 9.90 Å². The van der Waals surface area contributed by atoms with Crippen molar-refractivity contribution in [3.63, 3.8) is 0 Å². The molecule has 37 heavy (non-hydrogen) atoms. The second-order valence-electron chi connectivity index (χ2n) is 11.3. The van der Waals surface area contributed by atoms with Gasteiger partial charge in [-0.25, -0.2) is 4.79 Å². The van der Waals surface area contributed by atoms with E-state index >= 15 is 0 Å². The van der Waals surface area contributed by atoms with Gasteiger partial charge in [0.2, 0.25) is 0 Å². The van der Waals surface area contributed by atoms with Crippen LogP contribution in [0.3, 0.4) is 0 Å². The molecule has 2 N–H and O–H groups in total. The van der Waals surface area contributed by atoms with Crippen molar-refractivity contribution in [1.29, 1.82) is 0 Å². The predicted molar refractivity (Wildman–Crippen MR) is 152 cm³/mol. The molecule has 0 amide bonds. The molecule has 3 aromatic rings. The van der Waals surface area contributed by atoms with Crippen LogP contribution in [-0.4, -0.2) is 22.3 Å². The molecular formula is C33H42O4. The Bertz CT molecular complexity index is 1250. The minimum Gasteiger partial charge on any atom is -0.478 e. The van der Waals surface area contributed by atoms with Crippen molar-refractivity contribution in [2.75, 3.05) is 0 Å². The Kier molecular flexibility index (Phi) is 8.86. The summed E-state index contributed by atoms with van der Waals surface area (Å²) in [5, 5.41) is 19.4. The number of rotatable bonds is 10. The molecule has 0 spiro atoms. The highest BCUT2D eigenvalue weighted by Crippen LogP contribution is 2.41. The fourth-order valence-corrected chi connectivity index (χ4v) is 5.21. The number of carboxylic acids is 1. The highest BCUT2D eigenvalue weighted by Gasteiger charge is 2.31. The second kappa shape index (κ2) is 11.5. The first-order chi connectivity index (χ1) is 17.4. The van der Waals surface area contributed by atoms with Crippen LogP contribution in [0.2, 0.25) is 0 Å². The van der Waals surface area contributed by atoms with Crippen LogP contribution in [0.25, 0.3) is 17.4 Å². The van der Waals surface area contributed by atoms with Crippen LogP contribution in [0.15, 0.2) is 59.0 Å². The number of carboxylic acid groups (broad SMARTS) is 1. The highest BCUT2D eigenvalue weighted by atomic mass is 16.4. The Hall–Kier alpha value is -3.11. The number of furan rings is 1. The van der Waals surface area contributed by atoms with E-state index in [4.69, 9.17) is 9.52 Å². The summed E-state index contributed by atoms with van der Waals surface area (Å²) < 4.78 is 5.89. The zero-order chi connectivity index (χ0) is 27.4. The third-order valence-corrected chi connectivity index (χ3v) is 7.85. The molecule has 4 heteroatoms. The molecule has 1 heterocycles. The largest absolute Gasteiger partial charge is 0.478 e. The van der Waals surface area contributed by atoms with Crippen molar-refractivity contribution < 1.29 is 19.4 Å². The van der Waals surface area contributed by atoms with E-state index in [1.165, 1.54) is 28.3 Å². The Labute approximate surface area is 222 Å². The van der Waals surface area contributed by atoms with Gasteiger partial charge in [-0.15, -0.1) is 0 Å².